The number of hydrogen-bond acceptors (Lipinski definition) is 4. The van der Waals surface area contributed by atoms with E-state index in [1.807, 2.05) is 19.1 Å². The average molecular weight is 277 g/mol. The van der Waals surface area contributed by atoms with Crippen molar-refractivity contribution in [3.63, 3.8) is 0 Å². The molecule has 1 fully saturated rings. The first-order valence-corrected chi connectivity index (χ1v) is 7.25. The molecule has 2 N–H and O–H groups in total. The maximum absolute atomic E-state index is 11.3. The highest BCUT2D eigenvalue weighted by molar-refractivity contribution is 5.75. The number of rotatable bonds is 6. The number of carbonyl (C=O) groups is 1. The summed E-state index contributed by atoms with van der Waals surface area (Å²) in [6.45, 7) is 7.13. The van der Waals surface area contributed by atoms with Crippen molar-refractivity contribution < 1.29 is 9.53 Å². The largest absolute Gasteiger partial charge is 0.493 e. The lowest BCUT2D eigenvalue weighted by molar-refractivity contribution is -0.121. The minimum absolute atomic E-state index is 0.0323. The van der Waals surface area contributed by atoms with Gasteiger partial charge < -0.3 is 20.3 Å². The second-order valence-corrected chi connectivity index (χ2v) is 4.78. The molecule has 2 rings (SSSR count). The van der Waals surface area contributed by atoms with Crippen LogP contribution >= 0.6 is 0 Å². The number of nitrogens with zero attached hydrogens (tertiary/aromatic N) is 1. The lowest BCUT2D eigenvalue weighted by Gasteiger charge is -2.29. The highest BCUT2D eigenvalue weighted by atomic mass is 16.5. The van der Waals surface area contributed by atoms with E-state index in [1.165, 1.54) is 5.69 Å². The van der Waals surface area contributed by atoms with E-state index in [0.29, 0.717) is 19.6 Å². The van der Waals surface area contributed by atoms with Crippen LogP contribution in [0.4, 0.5) is 5.69 Å². The molecule has 1 aromatic carbocycles. The molecule has 0 bridgehead atoms. The zero-order chi connectivity index (χ0) is 14.2. The summed E-state index contributed by atoms with van der Waals surface area (Å²) in [5, 5.41) is 6.09. The van der Waals surface area contributed by atoms with Crippen molar-refractivity contribution in [3.05, 3.63) is 24.3 Å². The summed E-state index contributed by atoms with van der Waals surface area (Å²) in [6.07, 6.45) is 0.396. The molecule has 0 atom stereocenters. The van der Waals surface area contributed by atoms with Gasteiger partial charge in [0.2, 0.25) is 5.91 Å². The topological polar surface area (TPSA) is 53.6 Å². The van der Waals surface area contributed by atoms with Gasteiger partial charge in [-0.2, -0.15) is 0 Å². The molecule has 1 aliphatic heterocycles. The molecule has 0 unspecified atom stereocenters. The van der Waals surface area contributed by atoms with Crippen LogP contribution in [0.25, 0.3) is 0 Å². The first-order chi connectivity index (χ1) is 9.79. The number of nitrogens with one attached hydrogen (secondary N) is 2. The van der Waals surface area contributed by atoms with E-state index in [-0.39, 0.29) is 5.91 Å². The molecule has 1 aromatic rings. The Kier molecular flexibility index (Phi) is 5.68. The monoisotopic (exact) mass is 277 g/mol. The summed E-state index contributed by atoms with van der Waals surface area (Å²) >= 11 is 0. The van der Waals surface area contributed by atoms with Crippen molar-refractivity contribution in [3.8, 4) is 5.75 Å². The highest BCUT2D eigenvalue weighted by Gasteiger charge is 2.10. The van der Waals surface area contributed by atoms with Gasteiger partial charge in [-0.25, -0.2) is 0 Å². The van der Waals surface area contributed by atoms with Crippen molar-refractivity contribution in [1.29, 1.82) is 0 Å². The smallest absolute Gasteiger partial charge is 0.223 e. The normalized spacial score (nSPS) is 14.9. The third-order valence-electron chi connectivity index (χ3n) is 3.29. The van der Waals surface area contributed by atoms with E-state index in [0.717, 1.165) is 31.9 Å². The first-order valence-electron chi connectivity index (χ1n) is 7.25. The number of anilines is 1. The minimum atomic E-state index is 0.0323. The summed E-state index contributed by atoms with van der Waals surface area (Å²) in [6, 6.07) is 8.09. The van der Waals surface area contributed by atoms with Crippen LogP contribution in [-0.2, 0) is 4.79 Å². The fraction of sp³-hybridized carbons (Fsp3) is 0.533. The van der Waals surface area contributed by atoms with Crippen molar-refractivity contribution in [2.45, 2.75) is 13.3 Å². The third kappa shape index (κ3) is 4.42. The quantitative estimate of drug-likeness (QED) is 0.814. The Morgan fingerprint density at radius 2 is 2.00 bits per heavy atom. The predicted octanol–water partition coefficient (Wildman–Crippen LogP) is 1.00. The van der Waals surface area contributed by atoms with Gasteiger partial charge >= 0.3 is 0 Å². The molecule has 5 nitrogen and oxygen atoms in total. The number of carbonyl (C=O) groups excluding carboxylic acids is 1. The van der Waals surface area contributed by atoms with Gasteiger partial charge in [-0.15, -0.1) is 0 Å². The second-order valence-electron chi connectivity index (χ2n) is 4.78. The Balaban J connectivity index is 1.77. The molecule has 1 aliphatic rings. The summed E-state index contributed by atoms with van der Waals surface area (Å²) in [5.41, 5.74) is 1.22. The van der Waals surface area contributed by atoms with Crippen LogP contribution in [0.1, 0.15) is 13.3 Å². The van der Waals surface area contributed by atoms with E-state index >= 15 is 0 Å². The van der Waals surface area contributed by atoms with Gasteiger partial charge in [-0.05, 0) is 31.2 Å². The lowest BCUT2D eigenvalue weighted by Crippen LogP contribution is -2.43. The molecule has 5 heteroatoms. The van der Waals surface area contributed by atoms with Crippen LogP contribution in [0.15, 0.2) is 24.3 Å². The van der Waals surface area contributed by atoms with Crippen molar-refractivity contribution in [2.75, 3.05) is 44.2 Å². The number of benzene rings is 1. The van der Waals surface area contributed by atoms with Gasteiger partial charge in [-0.3, -0.25) is 4.79 Å². The standard InChI is InChI=1S/C15H23N3O2/c1-2-17-15(19)7-12-20-14-5-3-13(4-6-14)18-10-8-16-9-11-18/h3-6,16H,2,7-12H2,1H3,(H,17,19). The fourth-order valence-corrected chi connectivity index (χ4v) is 2.22. The molecule has 1 amide bonds. The Hall–Kier alpha value is -1.75. The zero-order valence-electron chi connectivity index (χ0n) is 12.0. The molecule has 0 aromatic heterocycles. The van der Waals surface area contributed by atoms with Crippen LogP contribution in [-0.4, -0.2) is 45.2 Å². The van der Waals surface area contributed by atoms with Gasteiger partial charge in [-0.1, -0.05) is 0 Å². The molecule has 0 spiro atoms. The summed E-state index contributed by atoms with van der Waals surface area (Å²) in [7, 11) is 0. The fourth-order valence-electron chi connectivity index (χ4n) is 2.22. The SMILES string of the molecule is CCNC(=O)CCOc1ccc(N2CCNCC2)cc1. The Bertz CT molecular complexity index is 414. The van der Waals surface area contributed by atoms with Crippen LogP contribution in [0.2, 0.25) is 0 Å². The number of amides is 1. The molecular weight excluding hydrogens is 254 g/mol. The average Bonchev–Trinajstić information content (AvgIpc) is 2.49. The Morgan fingerprint density at radius 1 is 1.30 bits per heavy atom. The van der Waals surface area contributed by atoms with E-state index in [1.54, 1.807) is 0 Å². The van der Waals surface area contributed by atoms with Gasteiger partial charge in [0.1, 0.15) is 5.75 Å². The van der Waals surface area contributed by atoms with Crippen LogP contribution in [0.3, 0.4) is 0 Å². The van der Waals surface area contributed by atoms with E-state index in [2.05, 4.69) is 27.7 Å². The Morgan fingerprint density at radius 3 is 2.65 bits per heavy atom. The molecule has 0 saturated carbocycles. The maximum atomic E-state index is 11.3. The number of hydrogen-bond donors (Lipinski definition) is 2. The Labute approximate surface area is 120 Å². The predicted molar refractivity (Wildman–Crippen MR) is 80.3 cm³/mol. The summed E-state index contributed by atoms with van der Waals surface area (Å²) in [4.78, 5) is 13.6. The highest BCUT2D eigenvalue weighted by Crippen LogP contribution is 2.19. The number of piperazine rings is 1. The van der Waals surface area contributed by atoms with Gasteiger partial charge in [0.05, 0.1) is 13.0 Å². The van der Waals surface area contributed by atoms with Crippen molar-refractivity contribution in [1.82, 2.24) is 10.6 Å². The van der Waals surface area contributed by atoms with Gasteiger partial charge in [0.15, 0.2) is 0 Å². The summed E-state index contributed by atoms with van der Waals surface area (Å²) in [5.74, 6) is 0.845. The molecule has 0 aliphatic carbocycles. The number of ether oxygens (including phenoxy) is 1. The molecular formula is C15H23N3O2. The molecule has 1 heterocycles. The summed E-state index contributed by atoms with van der Waals surface area (Å²) < 4.78 is 5.57. The van der Waals surface area contributed by atoms with E-state index in [9.17, 15) is 4.79 Å². The molecule has 0 radical (unpaired) electrons. The van der Waals surface area contributed by atoms with Crippen molar-refractivity contribution >= 4 is 11.6 Å². The third-order valence-corrected chi connectivity index (χ3v) is 3.29. The van der Waals surface area contributed by atoms with Crippen LogP contribution < -0.4 is 20.3 Å². The van der Waals surface area contributed by atoms with Gasteiger partial charge in [0.25, 0.3) is 0 Å². The van der Waals surface area contributed by atoms with Crippen LogP contribution in [0, 0.1) is 0 Å². The molecule has 1 saturated heterocycles. The van der Waals surface area contributed by atoms with E-state index in [4.69, 9.17) is 4.74 Å². The second kappa shape index (κ2) is 7.75. The minimum Gasteiger partial charge on any atom is -0.493 e. The maximum Gasteiger partial charge on any atom is 0.223 e. The molecule has 110 valence electrons. The van der Waals surface area contributed by atoms with Crippen LogP contribution in [0.5, 0.6) is 5.75 Å². The van der Waals surface area contributed by atoms with Crippen molar-refractivity contribution in [2.24, 2.45) is 0 Å². The first kappa shape index (κ1) is 14.7. The molecule has 20 heavy (non-hydrogen) atoms. The van der Waals surface area contributed by atoms with E-state index < -0.39 is 0 Å². The zero-order valence-corrected chi connectivity index (χ0v) is 12.0. The lowest BCUT2D eigenvalue weighted by atomic mass is 10.2. The van der Waals surface area contributed by atoms with Gasteiger partial charge in [0, 0.05) is 38.4 Å².